The molecule has 0 atom stereocenters. The second-order valence-electron chi connectivity index (χ2n) is 5.65. The van der Waals surface area contributed by atoms with Gasteiger partial charge >= 0.3 is 0 Å². The first-order chi connectivity index (χ1) is 12.2. The van der Waals surface area contributed by atoms with Crippen LogP contribution in [-0.2, 0) is 0 Å². The Kier molecular flexibility index (Phi) is 5.51. The number of halogens is 1. The summed E-state index contributed by atoms with van der Waals surface area (Å²) >= 11 is 6.02. The van der Waals surface area contributed by atoms with Crippen LogP contribution in [0, 0.1) is 0 Å². The fourth-order valence-electron chi connectivity index (χ4n) is 2.76. The third-order valence-electron chi connectivity index (χ3n) is 4.13. The molecule has 0 aliphatic carbocycles. The van der Waals surface area contributed by atoms with E-state index in [1.807, 2.05) is 30.5 Å². The number of fused-ring (bicyclic) bond motifs is 1. The number of nitrogens with one attached hydrogen (secondary N) is 1. The Morgan fingerprint density at radius 2 is 1.84 bits per heavy atom. The molecule has 0 bridgehead atoms. The van der Waals surface area contributed by atoms with E-state index in [0.717, 1.165) is 35.2 Å². The number of hydrazone groups is 1. The molecule has 0 aliphatic heterocycles. The molecule has 0 unspecified atom stereocenters. The average Bonchev–Trinajstić information content (AvgIpc) is 2.64. The van der Waals surface area contributed by atoms with E-state index < -0.39 is 0 Å². The normalized spacial score (nSPS) is 11.2. The van der Waals surface area contributed by atoms with Crippen LogP contribution in [0.1, 0.15) is 19.4 Å². The van der Waals surface area contributed by atoms with Gasteiger partial charge < -0.3 is 4.90 Å². The zero-order chi connectivity index (χ0) is 17.6. The molecule has 1 aromatic heterocycles. The van der Waals surface area contributed by atoms with E-state index in [1.165, 1.54) is 5.69 Å². The number of nitrogens with zero attached hydrogens (tertiary/aromatic N) is 3. The highest BCUT2D eigenvalue weighted by molar-refractivity contribution is 6.31. The highest BCUT2D eigenvalue weighted by Gasteiger charge is 2.02. The summed E-state index contributed by atoms with van der Waals surface area (Å²) in [5.41, 5.74) is 7.11. The molecule has 0 aliphatic rings. The van der Waals surface area contributed by atoms with Gasteiger partial charge in [-0.2, -0.15) is 5.10 Å². The Bertz CT molecular complexity index is 871. The lowest BCUT2D eigenvalue weighted by Crippen LogP contribution is -2.21. The lowest BCUT2D eigenvalue weighted by Gasteiger charge is -2.20. The molecule has 0 radical (unpaired) electrons. The van der Waals surface area contributed by atoms with E-state index in [0.29, 0.717) is 5.02 Å². The molecule has 3 aromatic rings. The van der Waals surface area contributed by atoms with Gasteiger partial charge in [0.15, 0.2) is 0 Å². The van der Waals surface area contributed by atoms with Gasteiger partial charge in [0.2, 0.25) is 0 Å². The monoisotopic (exact) mass is 352 g/mol. The maximum absolute atomic E-state index is 6.02. The Morgan fingerprint density at radius 1 is 1.08 bits per heavy atom. The Morgan fingerprint density at radius 3 is 2.56 bits per heavy atom. The van der Waals surface area contributed by atoms with Crippen LogP contribution in [0.4, 0.5) is 11.4 Å². The van der Waals surface area contributed by atoms with Gasteiger partial charge in [0.1, 0.15) is 0 Å². The molecule has 0 saturated heterocycles. The van der Waals surface area contributed by atoms with Crippen molar-refractivity contribution in [2.24, 2.45) is 5.10 Å². The topological polar surface area (TPSA) is 40.5 Å². The lowest BCUT2D eigenvalue weighted by molar-refractivity contribution is 0.866. The predicted octanol–water partition coefficient (Wildman–Crippen LogP) is 5.18. The summed E-state index contributed by atoms with van der Waals surface area (Å²) in [6.45, 7) is 6.33. The smallest absolute Gasteiger partial charge is 0.0738 e. The molecule has 4 nitrogen and oxygen atoms in total. The van der Waals surface area contributed by atoms with Crippen LogP contribution in [0.5, 0.6) is 0 Å². The number of aromatic nitrogens is 1. The first kappa shape index (κ1) is 17.2. The number of anilines is 2. The Balaban J connectivity index is 1.73. The standard InChI is InChI=1S/C20H21ClN4/c1-3-25(4-2)17-8-5-15(6-9-17)14-23-24-19-11-12-22-20-13-16(21)7-10-18(19)20/h5-14H,3-4H2,1-2H3,(H,22,24)/b23-14+. The minimum Gasteiger partial charge on any atom is -0.372 e. The van der Waals surface area contributed by atoms with Crippen molar-refractivity contribution in [1.82, 2.24) is 4.98 Å². The van der Waals surface area contributed by atoms with Crippen LogP contribution in [0.15, 0.2) is 59.8 Å². The molecular formula is C20H21ClN4. The van der Waals surface area contributed by atoms with Crippen molar-refractivity contribution in [3.63, 3.8) is 0 Å². The van der Waals surface area contributed by atoms with E-state index >= 15 is 0 Å². The van der Waals surface area contributed by atoms with Crippen LogP contribution in [-0.4, -0.2) is 24.3 Å². The summed E-state index contributed by atoms with van der Waals surface area (Å²) in [6.07, 6.45) is 3.56. The van der Waals surface area contributed by atoms with Gasteiger partial charge in [0, 0.05) is 35.4 Å². The van der Waals surface area contributed by atoms with Gasteiger partial charge in [-0.15, -0.1) is 0 Å². The van der Waals surface area contributed by atoms with Crippen molar-refractivity contribution in [2.45, 2.75) is 13.8 Å². The minimum atomic E-state index is 0.675. The summed E-state index contributed by atoms with van der Waals surface area (Å²) in [5.74, 6) is 0. The van der Waals surface area contributed by atoms with Gasteiger partial charge in [0.25, 0.3) is 0 Å². The van der Waals surface area contributed by atoms with E-state index in [-0.39, 0.29) is 0 Å². The first-order valence-electron chi connectivity index (χ1n) is 8.39. The van der Waals surface area contributed by atoms with E-state index in [9.17, 15) is 0 Å². The van der Waals surface area contributed by atoms with Crippen molar-refractivity contribution in [3.05, 3.63) is 65.3 Å². The van der Waals surface area contributed by atoms with Crippen molar-refractivity contribution >= 4 is 40.1 Å². The predicted molar refractivity (Wildman–Crippen MR) is 108 cm³/mol. The maximum Gasteiger partial charge on any atom is 0.0738 e. The van der Waals surface area contributed by atoms with Crippen molar-refractivity contribution in [3.8, 4) is 0 Å². The van der Waals surface area contributed by atoms with Gasteiger partial charge in [-0.05, 0) is 55.8 Å². The average molecular weight is 353 g/mol. The van der Waals surface area contributed by atoms with Gasteiger partial charge in [-0.1, -0.05) is 23.7 Å². The second kappa shape index (κ2) is 7.99. The Labute approximate surface area is 153 Å². The molecule has 2 aromatic carbocycles. The molecule has 25 heavy (non-hydrogen) atoms. The molecule has 1 N–H and O–H groups in total. The highest BCUT2D eigenvalue weighted by atomic mass is 35.5. The molecule has 5 heteroatoms. The largest absolute Gasteiger partial charge is 0.372 e. The van der Waals surface area contributed by atoms with Gasteiger partial charge in [0.05, 0.1) is 17.4 Å². The van der Waals surface area contributed by atoms with Crippen LogP contribution in [0.3, 0.4) is 0 Å². The summed E-state index contributed by atoms with van der Waals surface area (Å²) in [5, 5.41) is 6.01. The van der Waals surface area contributed by atoms with Crippen LogP contribution < -0.4 is 10.3 Å². The second-order valence-corrected chi connectivity index (χ2v) is 6.09. The van der Waals surface area contributed by atoms with Crippen molar-refractivity contribution < 1.29 is 0 Å². The number of hydrogen-bond donors (Lipinski definition) is 1. The third kappa shape index (κ3) is 4.09. The molecule has 0 spiro atoms. The van der Waals surface area contributed by atoms with Crippen LogP contribution in [0.25, 0.3) is 10.9 Å². The summed E-state index contributed by atoms with van der Waals surface area (Å²) in [6, 6.07) is 15.9. The lowest BCUT2D eigenvalue weighted by atomic mass is 10.2. The van der Waals surface area contributed by atoms with Gasteiger partial charge in [-0.25, -0.2) is 0 Å². The van der Waals surface area contributed by atoms with E-state index in [1.54, 1.807) is 6.20 Å². The molecule has 1 heterocycles. The SMILES string of the molecule is CCN(CC)c1ccc(/C=N/Nc2ccnc3cc(Cl)ccc23)cc1. The highest BCUT2D eigenvalue weighted by Crippen LogP contribution is 2.24. The molecule has 128 valence electrons. The number of hydrogen-bond acceptors (Lipinski definition) is 4. The third-order valence-corrected chi connectivity index (χ3v) is 4.36. The Hall–Kier alpha value is -2.59. The fraction of sp³-hybridized carbons (Fsp3) is 0.200. The van der Waals surface area contributed by atoms with Crippen LogP contribution >= 0.6 is 11.6 Å². The van der Waals surface area contributed by atoms with Crippen molar-refractivity contribution in [1.29, 1.82) is 0 Å². The zero-order valence-corrected chi connectivity index (χ0v) is 15.2. The fourth-order valence-corrected chi connectivity index (χ4v) is 2.92. The maximum atomic E-state index is 6.02. The zero-order valence-electron chi connectivity index (χ0n) is 14.4. The minimum absolute atomic E-state index is 0.675. The number of pyridine rings is 1. The molecule has 0 saturated carbocycles. The molecular weight excluding hydrogens is 332 g/mol. The first-order valence-corrected chi connectivity index (χ1v) is 8.77. The number of rotatable bonds is 6. The van der Waals surface area contributed by atoms with Crippen molar-refractivity contribution in [2.75, 3.05) is 23.4 Å². The van der Waals surface area contributed by atoms with E-state index in [4.69, 9.17) is 11.6 Å². The molecule has 0 amide bonds. The number of benzene rings is 2. The summed E-state index contributed by atoms with van der Waals surface area (Å²) in [4.78, 5) is 6.64. The quantitative estimate of drug-likeness (QED) is 0.491. The van der Waals surface area contributed by atoms with Crippen LogP contribution in [0.2, 0.25) is 5.02 Å². The van der Waals surface area contributed by atoms with E-state index in [2.05, 4.69) is 58.5 Å². The summed E-state index contributed by atoms with van der Waals surface area (Å²) in [7, 11) is 0. The molecule has 3 rings (SSSR count). The summed E-state index contributed by atoms with van der Waals surface area (Å²) < 4.78 is 0. The van der Waals surface area contributed by atoms with Gasteiger partial charge in [-0.3, -0.25) is 10.4 Å². The molecule has 0 fully saturated rings.